The molecule has 2 N–H and O–H groups in total. The molecule has 0 spiro atoms. The first kappa shape index (κ1) is 15.7. The van der Waals surface area contributed by atoms with Gasteiger partial charge in [0.05, 0.1) is 12.6 Å². The van der Waals surface area contributed by atoms with Gasteiger partial charge in [0.15, 0.2) is 0 Å². The van der Waals surface area contributed by atoms with E-state index in [0.29, 0.717) is 12.5 Å². The third-order valence-corrected chi connectivity index (χ3v) is 3.01. The molecule has 0 aliphatic heterocycles. The predicted molar refractivity (Wildman–Crippen MR) is 79.9 cm³/mol. The molecule has 1 unspecified atom stereocenters. The van der Waals surface area contributed by atoms with E-state index in [9.17, 15) is 0 Å². The molecule has 108 valence electrons. The number of nitrogens with one attached hydrogen (secondary N) is 2. The second kappa shape index (κ2) is 7.94. The minimum Gasteiger partial charge on any atom is -0.383 e. The number of hydrogen-bond acceptors (Lipinski definition) is 5. The van der Waals surface area contributed by atoms with E-state index in [1.165, 1.54) is 0 Å². The van der Waals surface area contributed by atoms with Crippen molar-refractivity contribution in [3.8, 4) is 0 Å². The molecule has 0 saturated carbocycles. The topological polar surface area (TPSA) is 59.1 Å². The van der Waals surface area contributed by atoms with Crippen LogP contribution < -0.4 is 10.6 Å². The monoisotopic (exact) mass is 266 g/mol. The Hall–Kier alpha value is -1.36. The van der Waals surface area contributed by atoms with Crippen molar-refractivity contribution < 1.29 is 4.74 Å². The maximum atomic E-state index is 5.22. The summed E-state index contributed by atoms with van der Waals surface area (Å²) < 4.78 is 5.22. The highest BCUT2D eigenvalue weighted by Crippen LogP contribution is 2.28. The smallest absolute Gasteiger partial charge is 0.135 e. The number of anilines is 2. The summed E-state index contributed by atoms with van der Waals surface area (Å²) in [5.74, 6) is 2.19. The van der Waals surface area contributed by atoms with Crippen LogP contribution in [0.1, 0.15) is 45.6 Å². The minimum absolute atomic E-state index is 0.270. The number of aromatic nitrogens is 2. The number of hydrogen-bond donors (Lipinski definition) is 2. The molecule has 0 aromatic carbocycles. The molecule has 5 heteroatoms. The largest absolute Gasteiger partial charge is 0.383 e. The lowest BCUT2D eigenvalue weighted by atomic mass is 10.0. The average molecular weight is 266 g/mol. The van der Waals surface area contributed by atoms with Crippen molar-refractivity contribution in [3.05, 3.63) is 11.9 Å². The van der Waals surface area contributed by atoms with E-state index < -0.39 is 0 Å². The van der Waals surface area contributed by atoms with Gasteiger partial charge in [0.2, 0.25) is 0 Å². The zero-order valence-corrected chi connectivity index (χ0v) is 12.7. The van der Waals surface area contributed by atoms with Gasteiger partial charge in [0, 0.05) is 19.2 Å². The summed E-state index contributed by atoms with van der Waals surface area (Å²) in [7, 11) is 1.72. The average Bonchev–Trinajstić information content (AvgIpc) is 2.38. The van der Waals surface area contributed by atoms with Gasteiger partial charge in [-0.05, 0) is 19.3 Å². The predicted octanol–water partition coefficient (Wildman–Crippen LogP) is 2.87. The Balaban J connectivity index is 3.01. The van der Waals surface area contributed by atoms with Crippen LogP contribution >= 0.6 is 0 Å². The van der Waals surface area contributed by atoms with E-state index in [1.54, 1.807) is 13.4 Å². The molecule has 1 atom stereocenters. The van der Waals surface area contributed by atoms with Gasteiger partial charge >= 0.3 is 0 Å². The molecule has 0 aliphatic carbocycles. The minimum atomic E-state index is 0.270. The van der Waals surface area contributed by atoms with Gasteiger partial charge in [0.1, 0.15) is 18.0 Å². The van der Waals surface area contributed by atoms with Crippen LogP contribution in [0.2, 0.25) is 0 Å². The van der Waals surface area contributed by atoms with Gasteiger partial charge in [-0.1, -0.05) is 20.8 Å². The molecule has 0 amide bonds. The van der Waals surface area contributed by atoms with Crippen molar-refractivity contribution in [2.45, 2.75) is 46.1 Å². The summed E-state index contributed by atoms with van der Waals surface area (Å²) in [5.41, 5.74) is 1.14. The number of ether oxygens (including phenoxy) is 1. The van der Waals surface area contributed by atoms with Crippen LogP contribution in [0.4, 0.5) is 11.6 Å². The summed E-state index contributed by atoms with van der Waals surface area (Å²) in [6.07, 6.45) is 2.59. The highest BCUT2D eigenvalue weighted by molar-refractivity contribution is 5.59. The van der Waals surface area contributed by atoms with E-state index in [2.05, 4.69) is 48.3 Å². The van der Waals surface area contributed by atoms with Crippen molar-refractivity contribution in [1.82, 2.24) is 9.97 Å². The van der Waals surface area contributed by atoms with Gasteiger partial charge in [-0.3, -0.25) is 0 Å². The van der Waals surface area contributed by atoms with Crippen molar-refractivity contribution >= 4 is 11.6 Å². The summed E-state index contributed by atoms with van der Waals surface area (Å²) in [6, 6.07) is 0.270. The van der Waals surface area contributed by atoms with E-state index in [4.69, 9.17) is 4.74 Å². The first-order valence-corrected chi connectivity index (χ1v) is 6.98. The fourth-order valence-corrected chi connectivity index (χ4v) is 2.02. The highest BCUT2D eigenvalue weighted by Gasteiger charge is 2.16. The lowest BCUT2D eigenvalue weighted by Crippen LogP contribution is -2.25. The van der Waals surface area contributed by atoms with Gasteiger partial charge in [-0.15, -0.1) is 0 Å². The molecule has 5 nitrogen and oxygen atoms in total. The van der Waals surface area contributed by atoms with Gasteiger partial charge in [-0.25, -0.2) is 9.97 Å². The van der Waals surface area contributed by atoms with Crippen LogP contribution in [-0.4, -0.2) is 36.3 Å². The molecule has 1 aromatic heterocycles. The normalized spacial score (nSPS) is 12.5. The van der Waals surface area contributed by atoms with Crippen LogP contribution in [0, 0.1) is 0 Å². The Morgan fingerprint density at radius 1 is 1.21 bits per heavy atom. The highest BCUT2D eigenvalue weighted by atomic mass is 16.5. The summed E-state index contributed by atoms with van der Waals surface area (Å²) in [6.45, 7) is 10.0. The number of methoxy groups -OCH3 is 1. The van der Waals surface area contributed by atoms with Crippen molar-refractivity contribution in [1.29, 1.82) is 0 Å². The second-order valence-electron chi connectivity index (χ2n) is 4.87. The molecule has 0 fully saturated rings. The Bertz CT molecular complexity index is 382. The molecule has 19 heavy (non-hydrogen) atoms. The first-order valence-electron chi connectivity index (χ1n) is 6.98. The third kappa shape index (κ3) is 4.35. The Morgan fingerprint density at radius 3 is 2.42 bits per heavy atom. The summed E-state index contributed by atoms with van der Waals surface area (Å²) in [4.78, 5) is 8.73. The van der Waals surface area contributed by atoms with E-state index >= 15 is 0 Å². The van der Waals surface area contributed by atoms with Crippen LogP contribution in [0.3, 0.4) is 0 Å². The van der Waals surface area contributed by atoms with Crippen LogP contribution in [0.25, 0.3) is 0 Å². The number of nitrogens with zero attached hydrogens (tertiary/aromatic N) is 2. The molecular weight excluding hydrogens is 240 g/mol. The van der Waals surface area contributed by atoms with Crippen LogP contribution in [0.15, 0.2) is 6.33 Å². The molecule has 0 bridgehead atoms. The van der Waals surface area contributed by atoms with Gasteiger partial charge in [0.25, 0.3) is 0 Å². The van der Waals surface area contributed by atoms with E-state index in [-0.39, 0.29) is 6.04 Å². The van der Waals surface area contributed by atoms with Crippen LogP contribution in [-0.2, 0) is 4.74 Å². The molecule has 1 aromatic rings. The fourth-order valence-electron chi connectivity index (χ4n) is 2.02. The van der Waals surface area contributed by atoms with Crippen LogP contribution in [0.5, 0.6) is 0 Å². The maximum Gasteiger partial charge on any atom is 0.135 e. The van der Waals surface area contributed by atoms with Gasteiger partial charge in [-0.2, -0.15) is 0 Å². The quantitative estimate of drug-likeness (QED) is 0.757. The van der Waals surface area contributed by atoms with E-state index in [0.717, 1.165) is 30.2 Å². The standard InChI is InChI=1S/C14H26N4O/c1-6-11(8-19-5)18-14-12(10(3)4)13(15-7-2)16-9-17-14/h9-11H,6-8H2,1-5H3,(H2,15,16,17,18). The second-order valence-corrected chi connectivity index (χ2v) is 4.87. The zero-order valence-electron chi connectivity index (χ0n) is 12.7. The summed E-state index contributed by atoms with van der Waals surface area (Å²) >= 11 is 0. The molecule has 1 heterocycles. The van der Waals surface area contributed by atoms with Crippen molar-refractivity contribution in [3.63, 3.8) is 0 Å². The Kier molecular flexibility index (Phi) is 6.56. The zero-order chi connectivity index (χ0) is 14.3. The van der Waals surface area contributed by atoms with Gasteiger partial charge < -0.3 is 15.4 Å². The summed E-state index contributed by atoms with van der Waals surface area (Å²) in [5, 5.41) is 6.76. The first-order chi connectivity index (χ1) is 9.13. The third-order valence-electron chi connectivity index (χ3n) is 3.01. The molecule has 1 rings (SSSR count). The molecule has 0 saturated heterocycles. The Morgan fingerprint density at radius 2 is 1.89 bits per heavy atom. The fraction of sp³-hybridized carbons (Fsp3) is 0.714. The molecule has 0 radical (unpaired) electrons. The Labute approximate surface area is 116 Å². The molecular formula is C14H26N4O. The maximum absolute atomic E-state index is 5.22. The van der Waals surface area contributed by atoms with Crippen molar-refractivity contribution in [2.75, 3.05) is 30.9 Å². The SMILES string of the molecule is CCNc1ncnc(NC(CC)COC)c1C(C)C. The number of rotatable bonds is 8. The molecule has 0 aliphatic rings. The van der Waals surface area contributed by atoms with Crippen molar-refractivity contribution in [2.24, 2.45) is 0 Å². The lowest BCUT2D eigenvalue weighted by Gasteiger charge is -2.21. The van der Waals surface area contributed by atoms with E-state index in [1.807, 2.05) is 0 Å². The lowest BCUT2D eigenvalue weighted by molar-refractivity contribution is 0.184.